The minimum atomic E-state index is -4.45. The van der Waals surface area contributed by atoms with Gasteiger partial charge in [-0.25, -0.2) is 0 Å². The Hall–Kier alpha value is -2.12. The monoisotopic (exact) mass is 333 g/mol. The van der Waals surface area contributed by atoms with Gasteiger partial charge in [0.15, 0.2) is 11.5 Å². The summed E-state index contributed by atoms with van der Waals surface area (Å²) in [5.74, 6) is 0.0142. The average Bonchev–Trinajstić information content (AvgIpc) is 3.34. The summed E-state index contributed by atoms with van der Waals surface area (Å²) in [6, 6.07) is 2.34. The summed E-state index contributed by atoms with van der Waals surface area (Å²) in [7, 11) is 4.15. The maximum atomic E-state index is 12.7. The third-order valence-electron chi connectivity index (χ3n) is 3.51. The van der Waals surface area contributed by atoms with Crippen molar-refractivity contribution in [3.63, 3.8) is 0 Å². The van der Waals surface area contributed by atoms with Crippen molar-refractivity contribution in [2.24, 2.45) is 0 Å². The van der Waals surface area contributed by atoms with Crippen LogP contribution in [0.2, 0.25) is 0 Å². The molecule has 1 aliphatic rings. The smallest absolute Gasteiger partial charge is 0.406 e. The van der Waals surface area contributed by atoms with Crippen molar-refractivity contribution in [2.45, 2.75) is 25.1 Å². The van der Waals surface area contributed by atoms with Crippen molar-refractivity contribution in [3.05, 3.63) is 17.7 Å². The van der Waals surface area contributed by atoms with Gasteiger partial charge < -0.3 is 19.1 Å². The number of nitrogens with zero attached hydrogens (tertiary/aromatic N) is 1. The lowest BCUT2D eigenvalue weighted by atomic mass is 10.1. The molecule has 1 amide bonds. The van der Waals surface area contributed by atoms with Crippen LogP contribution in [0.4, 0.5) is 13.2 Å². The normalized spacial score (nSPS) is 14.3. The maximum absolute atomic E-state index is 12.7. The van der Waals surface area contributed by atoms with Gasteiger partial charge in [-0.2, -0.15) is 13.2 Å². The lowest BCUT2D eigenvalue weighted by molar-refractivity contribution is -0.141. The Kier molecular flexibility index (Phi) is 4.91. The third kappa shape index (κ3) is 4.00. The minimum absolute atomic E-state index is 0.0654. The fraction of sp³-hybridized carbons (Fsp3) is 0.533. The van der Waals surface area contributed by atoms with Crippen LogP contribution in [-0.4, -0.2) is 50.9 Å². The lowest BCUT2D eigenvalue weighted by Gasteiger charge is -2.24. The van der Waals surface area contributed by atoms with Crippen LogP contribution in [0.15, 0.2) is 12.1 Å². The second-order valence-corrected chi connectivity index (χ2v) is 5.19. The molecule has 0 bridgehead atoms. The number of benzene rings is 1. The largest absolute Gasteiger partial charge is 0.493 e. The molecule has 8 heteroatoms. The summed E-state index contributed by atoms with van der Waals surface area (Å²) in [6.45, 7) is -1.27. The lowest BCUT2D eigenvalue weighted by Crippen LogP contribution is -2.40. The summed E-state index contributed by atoms with van der Waals surface area (Å²) >= 11 is 0. The van der Waals surface area contributed by atoms with E-state index in [-0.39, 0.29) is 28.9 Å². The van der Waals surface area contributed by atoms with Crippen LogP contribution in [0.3, 0.4) is 0 Å². The van der Waals surface area contributed by atoms with E-state index in [4.69, 9.17) is 14.2 Å². The third-order valence-corrected chi connectivity index (χ3v) is 3.51. The summed E-state index contributed by atoms with van der Waals surface area (Å²) in [6.07, 6.45) is -3.29. The molecule has 0 radical (unpaired) electrons. The Balaban J connectivity index is 2.37. The topological polar surface area (TPSA) is 48.0 Å². The molecule has 1 aromatic carbocycles. The number of carbonyl (C=O) groups is 1. The van der Waals surface area contributed by atoms with Crippen molar-refractivity contribution >= 4 is 5.91 Å². The van der Waals surface area contributed by atoms with Gasteiger partial charge in [-0.15, -0.1) is 0 Å². The predicted octanol–water partition coefficient (Wildman–Crippen LogP) is 2.88. The van der Waals surface area contributed by atoms with E-state index in [1.807, 2.05) is 0 Å². The molecule has 2 rings (SSSR count). The van der Waals surface area contributed by atoms with Crippen LogP contribution >= 0.6 is 0 Å². The number of methoxy groups -OCH3 is 3. The molecule has 1 aliphatic carbocycles. The van der Waals surface area contributed by atoms with Gasteiger partial charge in [-0.05, 0) is 25.0 Å². The molecule has 0 heterocycles. The van der Waals surface area contributed by atoms with Crippen LogP contribution in [0.5, 0.6) is 17.2 Å². The molecule has 0 spiro atoms. The van der Waals surface area contributed by atoms with Gasteiger partial charge in [-0.3, -0.25) is 4.79 Å². The molecular weight excluding hydrogens is 315 g/mol. The SMILES string of the molecule is COc1cc(C(=O)N(CC(F)(F)F)C2CC2)cc(OC)c1OC. The van der Waals surface area contributed by atoms with E-state index in [9.17, 15) is 18.0 Å². The first-order chi connectivity index (χ1) is 10.8. The molecule has 0 N–H and O–H groups in total. The van der Waals surface area contributed by atoms with Crippen LogP contribution in [0.25, 0.3) is 0 Å². The highest BCUT2D eigenvalue weighted by atomic mass is 19.4. The molecule has 128 valence electrons. The van der Waals surface area contributed by atoms with E-state index < -0.39 is 18.6 Å². The zero-order chi connectivity index (χ0) is 17.2. The molecule has 1 aromatic rings. The molecule has 0 aliphatic heterocycles. The Morgan fingerprint density at radius 2 is 1.65 bits per heavy atom. The fourth-order valence-corrected chi connectivity index (χ4v) is 2.32. The Labute approximate surface area is 131 Å². The van der Waals surface area contributed by atoms with E-state index in [1.54, 1.807) is 0 Å². The van der Waals surface area contributed by atoms with Crippen LogP contribution in [0.1, 0.15) is 23.2 Å². The summed E-state index contributed by atoms with van der Waals surface area (Å²) < 4.78 is 53.5. The fourth-order valence-electron chi connectivity index (χ4n) is 2.32. The van der Waals surface area contributed by atoms with Crippen LogP contribution in [0, 0.1) is 0 Å². The molecule has 0 aromatic heterocycles. The quantitative estimate of drug-likeness (QED) is 0.803. The Morgan fingerprint density at radius 3 is 2.00 bits per heavy atom. The van der Waals surface area contributed by atoms with Crippen LogP contribution < -0.4 is 14.2 Å². The number of carbonyl (C=O) groups excluding carboxylic acids is 1. The van der Waals surface area contributed by atoms with E-state index in [1.165, 1.54) is 33.5 Å². The zero-order valence-electron chi connectivity index (χ0n) is 13.1. The number of hydrogen-bond acceptors (Lipinski definition) is 4. The Bertz CT molecular complexity index is 560. The van der Waals surface area contributed by atoms with Gasteiger partial charge in [0, 0.05) is 11.6 Å². The number of amides is 1. The first-order valence-corrected chi connectivity index (χ1v) is 6.98. The number of ether oxygens (including phenoxy) is 3. The zero-order valence-corrected chi connectivity index (χ0v) is 13.1. The van der Waals surface area contributed by atoms with Crippen LogP contribution in [-0.2, 0) is 0 Å². The standard InChI is InChI=1S/C15H18F3NO4/c1-21-11-6-9(7-12(22-2)13(11)23-3)14(20)19(10-4-5-10)8-15(16,17)18/h6-7,10H,4-5,8H2,1-3H3. The molecule has 1 saturated carbocycles. The van der Waals surface area contributed by atoms with E-state index in [0.717, 1.165) is 4.90 Å². The number of alkyl halides is 3. The van der Waals surface area contributed by atoms with Crippen molar-refractivity contribution < 1.29 is 32.2 Å². The molecule has 1 fully saturated rings. The molecule has 0 unspecified atom stereocenters. The van der Waals surface area contributed by atoms with Gasteiger partial charge >= 0.3 is 6.18 Å². The second-order valence-electron chi connectivity index (χ2n) is 5.19. The van der Waals surface area contributed by atoms with Crippen molar-refractivity contribution in [3.8, 4) is 17.2 Å². The van der Waals surface area contributed by atoms with Gasteiger partial charge in [0.25, 0.3) is 5.91 Å². The number of rotatable bonds is 6. The number of halogens is 3. The molecule has 0 saturated heterocycles. The minimum Gasteiger partial charge on any atom is -0.493 e. The summed E-state index contributed by atoms with van der Waals surface area (Å²) in [4.78, 5) is 13.4. The molecule has 5 nitrogen and oxygen atoms in total. The molecule has 0 atom stereocenters. The van der Waals surface area contributed by atoms with Crippen molar-refractivity contribution in [1.29, 1.82) is 0 Å². The maximum Gasteiger partial charge on any atom is 0.406 e. The number of hydrogen-bond donors (Lipinski definition) is 0. The highest BCUT2D eigenvalue weighted by Crippen LogP contribution is 2.39. The average molecular weight is 333 g/mol. The predicted molar refractivity (Wildman–Crippen MR) is 76.2 cm³/mol. The van der Waals surface area contributed by atoms with E-state index in [2.05, 4.69) is 0 Å². The first-order valence-electron chi connectivity index (χ1n) is 6.98. The summed E-state index contributed by atoms with van der Waals surface area (Å²) in [5, 5.41) is 0. The highest BCUT2D eigenvalue weighted by Gasteiger charge is 2.41. The Morgan fingerprint density at radius 1 is 1.13 bits per heavy atom. The van der Waals surface area contributed by atoms with Crippen molar-refractivity contribution in [2.75, 3.05) is 27.9 Å². The van der Waals surface area contributed by atoms with Gasteiger partial charge in [-0.1, -0.05) is 0 Å². The first kappa shape index (κ1) is 17.2. The molecule has 23 heavy (non-hydrogen) atoms. The van der Waals surface area contributed by atoms with Gasteiger partial charge in [0.1, 0.15) is 6.54 Å². The van der Waals surface area contributed by atoms with Gasteiger partial charge in [0.2, 0.25) is 5.75 Å². The second kappa shape index (κ2) is 6.55. The van der Waals surface area contributed by atoms with E-state index >= 15 is 0 Å². The van der Waals surface area contributed by atoms with Gasteiger partial charge in [0.05, 0.1) is 21.3 Å². The highest BCUT2D eigenvalue weighted by molar-refractivity contribution is 5.96. The van der Waals surface area contributed by atoms with E-state index in [0.29, 0.717) is 12.8 Å². The molecular formula is C15H18F3NO4. The van der Waals surface area contributed by atoms with Crippen molar-refractivity contribution in [1.82, 2.24) is 4.90 Å². The summed E-state index contributed by atoms with van der Waals surface area (Å²) in [5.41, 5.74) is 0.0654.